The second-order valence-corrected chi connectivity index (χ2v) is 5.22. The van der Waals surface area contributed by atoms with Crippen molar-refractivity contribution in [3.63, 3.8) is 0 Å². The third kappa shape index (κ3) is 12.9. The molecule has 0 saturated heterocycles. The highest BCUT2D eigenvalue weighted by Gasteiger charge is 2.04. The number of hydrogen-bond acceptors (Lipinski definition) is 2. The van der Waals surface area contributed by atoms with Crippen LogP contribution < -0.4 is 0 Å². The van der Waals surface area contributed by atoms with Crippen LogP contribution in [0.15, 0.2) is 0 Å². The van der Waals surface area contributed by atoms with Gasteiger partial charge in [-0.2, -0.15) is 0 Å². The van der Waals surface area contributed by atoms with Crippen molar-refractivity contribution < 1.29 is 9.47 Å². The Kier molecular flexibility index (Phi) is 16.0. The normalized spacial score (nSPS) is 11.3. The zero-order valence-electron chi connectivity index (χ0n) is 11.6. The van der Waals surface area contributed by atoms with Gasteiger partial charge in [0.05, 0.1) is 6.10 Å². The van der Waals surface area contributed by atoms with Crippen LogP contribution in [0.2, 0.25) is 0 Å². The molecule has 0 bridgehead atoms. The minimum Gasteiger partial charge on any atom is -0.355 e. The molecule has 4 heteroatoms. The average Bonchev–Trinajstić information content (AvgIpc) is 2.40. The number of ether oxygens (including phenoxy) is 2. The number of unbranched alkanes of at least 4 members (excludes halogenated alkanes) is 7. The minimum atomic E-state index is -0.0908. The van der Waals surface area contributed by atoms with Crippen molar-refractivity contribution in [1.82, 2.24) is 0 Å². The first-order valence-corrected chi connectivity index (χ1v) is 8.23. The van der Waals surface area contributed by atoms with E-state index in [1.165, 1.54) is 44.9 Å². The molecular weight excluding hydrogens is 271 g/mol. The molecule has 0 aliphatic heterocycles. The Bertz CT molecular complexity index is 153. The highest BCUT2D eigenvalue weighted by molar-refractivity contribution is 6.21. The largest absolute Gasteiger partial charge is 0.355 e. The van der Waals surface area contributed by atoms with Crippen LogP contribution in [0.3, 0.4) is 0 Å². The zero-order valence-corrected chi connectivity index (χ0v) is 13.1. The summed E-state index contributed by atoms with van der Waals surface area (Å²) in [6.07, 6.45) is 10.4. The standard InChI is InChI=1S/C14H28Cl2O2/c1-2-3-4-5-6-7-8-9-10-17-13-18-14(11-15)12-16/h14H,2-13H2,1H3. The quantitative estimate of drug-likeness (QED) is 0.256. The molecule has 0 aromatic heterocycles. The summed E-state index contributed by atoms with van der Waals surface area (Å²) in [5.74, 6) is 0.843. The van der Waals surface area contributed by atoms with Crippen LogP contribution in [0.5, 0.6) is 0 Å². The summed E-state index contributed by atoms with van der Waals surface area (Å²) in [5.41, 5.74) is 0. The van der Waals surface area contributed by atoms with Gasteiger partial charge in [0.15, 0.2) is 0 Å². The number of rotatable bonds is 14. The first-order valence-electron chi connectivity index (χ1n) is 7.16. The third-order valence-corrected chi connectivity index (χ3v) is 3.56. The fraction of sp³-hybridized carbons (Fsp3) is 1.00. The zero-order chi connectivity index (χ0) is 13.5. The molecule has 0 atom stereocenters. The van der Waals surface area contributed by atoms with E-state index in [0.29, 0.717) is 18.6 Å². The first-order chi connectivity index (χ1) is 8.85. The lowest BCUT2D eigenvalue weighted by atomic mass is 10.1. The maximum Gasteiger partial charge on any atom is 0.147 e. The van der Waals surface area contributed by atoms with E-state index in [4.69, 9.17) is 32.7 Å². The van der Waals surface area contributed by atoms with Crippen LogP contribution in [-0.4, -0.2) is 31.3 Å². The SMILES string of the molecule is CCCCCCCCCCOCOC(CCl)CCl. The molecule has 18 heavy (non-hydrogen) atoms. The van der Waals surface area contributed by atoms with Crippen LogP contribution >= 0.6 is 23.2 Å². The van der Waals surface area contributed by atoms with Gasteiger partial charge in [0.25, 0.3) is 0 Å². The van der Waals surface area contributed by atoms with Gasteiger partial charge in [0.2, 0.25) is 0 Å². The summed E-state index contributed by atoms with van der Waals surface area (Å²) in [6, 6.07) is 0. The molecule has 0 saturated carbocycles. The van der Waals surface area contributed by atoms with Crippen LogP contribution in [-0.2, 0) is 9.47 Å². The van der Waals surface area contributed by atoms with E-state index >= 15 is 0 Å². The smallest absolute Gasteiger partial charge is 0.147 e. The van der Waals surface area contributed by atoms with Crippen LogP contribution in [0.25, 0.3) is 0 Å². The lowest BCUT2D eigenvalue weighted by Gasteiger charge is -2.11. The molecule has 110 valence electrons. The molecule has 0 amide bonds. The van der Waals surface area contributed by atoms with Crippen molar-refractivity contribution >= 4 is 23.2 Å². The van der Waals surface area contributed by atoms with Gasteiger partial charge < -0.3 is 9.47 Å². The Balaban J connectivity index is 3.03. The van der Waals surface area contributed by atoms with E-state index in [2.05, 4.69) is 6.92 Å². The molecular formula is C14H28Cl2O2. The van der Waals surface area contributed by atoms with E-state index in [1.54, 1.807) is 0 Å². The highest BCUT2D eigenvalue weighted by Crippen LogP contribution is 2.08. The number of hydrogen-bond donors (Lipinski definition) is 0. The second kappa shape index (κ2) is 15.6. The molecule has 0 radical (unpaired) electrons. The monoisotopic (exact) mass is 298 g/mol. The molecule has 0 N–H and O–H groups in total. The van der Waals surface area contributed by atoms with Crippen molar-refractivity contribution in [3.8, 4) is 0 Å². The van der Waals surface area contributed by atoms with E-state index in [-0.39, 0.29) is 6.10 Å². The van der Waals surface area contributed by atoms with Gasteiger partial charge in [-0.3, -0.25) is 0 Å². The Morgan fingerprint density at radius 1 is 0.833 bits per heavy atom. The Hall–Kier alpha value is 0.500. The van der Waals surface area contributed by atoms with Crippen molar-refractivity contribution in [2.75, 3.05) is 25.2 Å². The van der Waals surface area contributed by atoms with Crippen molar-refractivity contribution in [1.29, 1.82) is 0 Å². The summed E-state index contributed by atoms with van der Waals surface area (Å²) >= 11 is 11.3. The fourth-order valence-electron chi connectivity index (χ4n) is 1.67. The molecule has 0 rings (SSSR count). The van der Waals surface area contributed by atoms with Gasteiger partial charge in [-0.15, -0.1) is 23.2 Å². The highest BCUT2D eigenvalue weighted by atomic mass is 35.5. The maximum absolute atomic E-state index is 5.64. The van der Waals surface area contributed by atoms with E-state index in [9.17, 15) is 0 Å². The first kappa shape index (κ1) is 18.5. The predicted molar refractivity (Wildman–Crippen MR) is 79.7 cm³/mol. The fourth-order valence-corrected chi connectivity index (χ4v) is 2.18. The summed E-state index contributed by atoms with van der Waals surface area (Å²) < 4.78 is 10.7. The molecule has 0 aromatic carbocycles. The van der Waals surface area contributed by atoms with E-state index in [0.717, 1.165) is 13.0 Å². The Morgan fingerprint density at radius 3 is 1.94 bits per heavy atom. The lowest BCUT2D eigenvalue weighted by molar-refractivity contribution is -0.0770. The molecule has 0 fully saturated rings. The van der Waals surface area contributed by atoms with E-state index in [1.807, 2.05) is 0 Å². The van der Waals surface area contributed by atoms with Crippen LogP contribution in [0, 0.1) is 0 Å². The number of alkyl halides is 2. The molecule has 0 aliphatic carbocycles. The second-order valence-electron chi connectivity index (χ2n) is 4.60. The predicted octanol–water partition coefficient (Wildman–Crippen LogP) is 4.96. The summed E-state index contributed by atoms with van der Waals surface area (Å²) in [5, 5.41) is 0. The van der Waals surface area contributed by atoms with Crippen LogP contribution in [0.4, 0.5) is 0 Å². The Labute approximate surface area is 122 Å². The average molecular weight is 299 g/mol. The maximum atomic E-state index is 5.64. The molecule has 0 heterocycles. The lowest BCUT2D eigenvalue weighted by Crippen LogP contribution is -2.18. The summed E-state index contributed by atoms with van der Waals surface area (Å²) in [6.45, 7) is 3.32. The Morgan fingerprint density at radius 2 is 1.39 bits per heavy atom. The third-order valence-electron chi connectivity index (χ3n) is 2.87. The van der Waals surface area contributed by atoms with Crippen LogP contribution in [0.1, 0.15) is 58.3 Å². The van der Waals surface area contributed by atoms with Gasteiger partial charge in [0.1, 0.15) is 6.79 Å². The minimum absolute atomic E-state index is 0.0908. The van der Waals surface area contributed by atoms with Crippen molar-refractivity contribution in [3.05, 3.63) is 0 Å². The summed E-state index contributed by atoms with van der Waals surface area (Å²) in [7, 11) is 0. The molecule has 0 aromatic rings. The topological polar surface area (TPSA) is 18.5 Å². The van der Waals surface area contributed by atoms with Crippen molar-refractivity contribution in [2.45, 2.75) is 64.4 Å². The van der Waals surface area contributed by atoms with E-state index < -0.39 is 0 Å². The van der Waals surface area contributed by atoms with Gasteiger partial charge in [0, 0.05) is 18.4 Å². The molecule has 0 spiro atoms. The summed E-state index contributed by atoms with van der Waals surface area (Å²) in [4.78, 5) is 0. The van der Waals surface area contributed by atoms with Gasteiger partial charge in [-0.1, -0.05) is 51.9 Å². The van der Waals surface area contributed by atoms with Gasteiger partial charge in [-0.05, 0) is 6.42 Å². The molecule has 0 unspecified atom stereocenters. The van der Waals surface area contributed by atoms with Gasteiger partial charge >= 0.3 is 0 Å². The molecule has 0 aliphatic rings. The van der Waals surface area contributed by atoms with Gasteiger partial charge in [-0.25, -0.2) is 0 Å². The molecule has 2 nitrogen and oxygen atoms in total. The number of halogens is 2. The van der Waals surface area contributed by atoms with Crippen molar-refractivity contribution in [2.24, 2.45) is 0 Å².